The lowest BCUT2D eigenvalue weighted by molar-refractivity contribution is -0.132. The number of carbonyl (C=O) groups excluding carboxylic acids is 2. The molecule has 2 amide bonds. The standard InChI is InChI=1S/C20H21FN2O2S/c21-17-6-4-5-16(15-17)20(25)23-12-10-22(11-13-23)19(24)9-14-26-18-7-2-1-3-8-18/h1-8,15H,9-14H2. The molecule has 0 unspecified atom stereocenters. The van der Waals surface area contributed by atoms with E-state index in [0.717, 1.165) is 10.6 Å². The molecule has 0 bridgehead atoms. The van der Waals surface area contributed by atoms with Gasteiger partial charge in [0.15, 0.2) is 0 Å². The molecule has 26 heavy (non-hydrogen) atoms. The first kappa shape index (κ1) is 18.5. The monoisotopic (exact) mass is 372 g/mol. The predicted molar refractivity (Wildman–Crippen MR) is 101 cm³/mol. The van der Waals surface area contributed by atoms with Gasteiger partial charge >= 0.3 is 0 Å². The number of benzene rings is 2. The maximum atomic E-state index is 13.3. The maximum Gasteiger partial charge on any atom is 0.254 e. The molecule has 4 nitrogen and oxygen atoms in total. The zero-order valence-corrected chi connectivity index (χ0v) is 15.3. The van der Waals surface area contributed by atoms with Gasteiger partial charge in [-0.25, -0.2) is 4.39 Å². The van der Waals surface area contributed by atoms with E-state index in [9.17, 15) is 14.0 Å². The van der Waals surface area contributed by atoms with Crippen molar-refractivity contribution in [2.75, 3.05) is 31.9 Å². The summed E-state index contributed by atoms with van der Waals surface area (Å²) in [5, 5.41) is 0. The summed E-state index contributed by atoms with van der Waals surface area (Å²) in [6.07, 6.45) is 0.484. The Kier molecular flexibility index (Phi) is 6.28. The lowest BCUT2D eigenvalue weighted by Gasteiger charge is -2.35. The van der Waals surface area contributed by atoms with E-state index in [4.69, 9.17) is 0 Å². The Hall–Kier alpha value is -2.34. The second kappa shape index (κ2) is 8.85. The molecule has 0 saturated carbocycles. The third-order valence-corrected chi connectivity index (χ3v) is 5.33. The highest BCUT2D eigenvalue weighted by Crippen LogP contribution is 2.18. The van der Waals surface area contributed by atoms with Crippen molar-refractivity contribution < 1.29 is 14.0 Å². The van der Waals surface area contributed by atoms with Crippen LogP contribution in [-0.2, 0) is 4.79 Å². The Labute approximate surface area is 157 Å². The van der Waals surface area contributed by atoms with Gasteiger partial charge < -0.3 is 9.80 Å². The summed E-state index contributed by atoms with van der Waals surface area (Å²) in [6.45, 7) is 2.01. The Morgan fingerprint density at radius 1 is 0.923 bits per heavy atom. The number of halogens is 1. The second-order valence-corrected chi connectivity index (χ2v) is 7.26. The summed E-state index contributed by atoms with van der Waals surface area (Å²) in [7, 11) is 0. The van der Waals surface area contributed by atoms with Crippen LogP contribution in [-0.4, -0.2) is 53.5 Å². The van der Waals surface area contributed by atoms with E-state index >= 15 is 0 Å². The molecule has 0 aromatic heterocycles. The summed E-state index contributed by atoms with van der Waals surface area (Å²) in [5.74, 6) is 0.258. The summed E-state index contributed by atoms with van der Waals surface area (Å²) in [6, 6.07) is 15.7. The highest BCUT2D eigenvalue weighted by molar-refractivity contribution is 7.99. The molecule has 0 N–H and O–H groups in total. The van der Waals surface area contributed by atoms with Crippen molar-refractivity contribution in [1.82, 2.24) is 9.80 Å². The van der Waals surface area contributed by atoms with Gasteiger partial charge in [-0.2, -0.15) is 0 Å². The van der Waals surface area contributed by atoms with E-state index in [-0.39, 0.29) is 11.8 Å². The number of carbonyl (C=O) groups is 2. The van der Waals surface area contributed by atoms with Gasteiger partial charge in [0.2, 0.25) is 5.91 Å². The van der Waals surface area contributed by atoms with Crippen LogP contribution in [0.15, 0.2) is 59.5 Å². The van der Waals surface area contributed by atoms with Crippen LogP contribution >= 0.6 is 11.8 Å². The molecule has 1 aliphatic heterocycles. The van der Waals surface area contributed by atoms with Crippen LogP contribution in [0.1, 0.15) is 16.8 Å². The zero-order chi connectivity index (χ0) is 18.4. The molecule has 0 radical (unpaired) electrons. The van der Waals surface area contributed by atoms with Crippen molar-refractivity contribution in [2.45, 2.75) is 11.3 Å². The minimum Gasteiger partial charge on any atom is -0.339 e. The van der Waals surface area contributed by atoms with E-state index in [1.54, 1.807) is 27.6 Å². The highest BCUT2D eigenvalue weighted by Gasteiger charge is 2.24. The SMILES string of the molecule is O=C(CCSc1ccccc1)N1CCN(C(=O)c2cccc(F)c2)CC1. The van der Waals surface area contributed by atoms with Gasteiger partial charge in [0.1, 0.15) is 5.82 Å². The Bertz CT molecular complexity index is 761. The number of hydrogen-bond acceptors (Lipinski definition) is 3. The van der Waals surface area contributed by atoms with Gasteiger partial charge in [0.25, 0.3) is 5.91 Å². The van der Waals surface area contributed by atoms with Crippen molar-refractivity contribution >= 4 is 23.6 Å². The van der Waals surface area contributed by atoms with Crippen LogP contribution in [0.3, 0.4) is 0 Å². The molecule has 2 aromatic rings. The summed E-state index contributed by atoms with van der Waals surface area (Å²) in [4.78, 5) is 29.4. The van der Waals surface area contributed by atoms with Gasteiger partial charge in [-0.1, -0.05) is 24.3 Å². The molecule has 1 fully saturated rings. The van der Waals surface area contributed by atoms with Crippen molar-refractivity contribution in [3.63, 3.8) is 0 Å². The molecular formula is C20H21FN2O2S. The molecule has 1 aliphatic rings. The van der Waals surface area contributed by atoms with Gasteiger partial charge in [-0.3, -0.25) is 9.59 Å². The maximum absolute atomic E-state index is 13.3. The number of thioether (sulfide) groups is 1. The van der Waals surface area contributed by atoms with Gasteiger partial charge in [-0.15, -0.1) is 11.8 Å². The molecule has 6 heteroatoms. The van der Waals surface area contributed by atoms with E-state index in [1.807, 2.05) is 30.3 Å². The van der Waals surface area contributed by atoms with Crippen LogP contribution in [0.2, 0.25) is 0 Å². The molecule has 0 spiro atoms. The molecule has 1 saturated heterocycles. The first-order valence-electron chi connectivity index (χ1n) is 8.64. The summed E-state index contributed by atoms with van der Waals surface area (Å²) >= 11 is 1.67. The predicted octanol–water partition coefficient (Wildman–Crippen LogP) is 3.29. The van der Waals surface area contributed by atoms with Crippen molar-refractivity contribution in [3.05, 3.63) is 66.0 Å². The van der Waals surface area contributed by atoms with Crippen LogP contribution in [0.25, 0.3) is 0 Å². The quantitative estimate of drug-likeness (QED) is 0.756. The minimum atomic E-state index is -0.416. The fourth-order valence-corrected chi connectivity index (χ4v) is 3.76. The van der Waals surface area contributed by atoms with Gasteiger partial charge in [-0.05, 0) is 30.3 Å². The Morgan fingerprint density at radius 3 is 2.31 bits per heavy atom. The van der Waals surface area contributed by atoms with E-state index in [0.29, 0.717) is 38.2 Å². The Morgan fingerprint density at radius 2 is 1.62 bits per heavy atom. The van der Waals surface area contributed by atoms with Crippen LogP contribution in [0.5, 0.6) is 0 Å². The summed E-state index contributed by atoms with van der Waals surface area (Å²) in [5.41, 5.74) is 0.351. The van der Waals surface area contributed by atoms with Crippen LogP contribution < -0.4 is 0 Å². The van der Waals surface area contributed by atoms with Crippen molar-refractivity contribution in [3.8, 4) is 0 Å². The molecule has 0 aliphatic carbocycles. The molecule has 0 atom stereocenters. The highest BCUT2D eigenvalue weighted by atomic mass is 32.2. The Balaban J connectivity index is 1.44. The van der Waals surface area contributed by atoms with Crippen LogP contribution in [0.4, 0.5) is 4.39 Å². The molecule has 3 rings (SSSR count). The number of rotatable bonds is 5. The van der Waals surface area contributed by atoms with E-state index in [2.05, 4.69) is 0 Å². The number of nitrogens with zero attached hydrogens (tertiary/aromatic N) is 2. The second-order valence-electron chi connectivity index (χ2n) is 6.09. The average molecular weight is 372 g/mol. The van der Waals surface area contributed by atoms with E-state index < -0.39 is 5.82 Å². The largest absolute Gasteiger partial charge is 0.339 e. The molecule has 2 aromatic carbocycles. The topological polar surface area (TPSA) is 40.6 Å². The number of hydrogen-bond donors (Lipinski definition) is 0. The third-order valence-electron chi connectivity index (χ3n) is 4.32. The molecule has 1 heterocycles. The van der Waals surface area contributed by atoms with Crippen molar-refractivity contribution in [2.24, 2.45) is 0 Å². The van der Waals surface area contributed by atoms with Gasteiger partial charge in [0.05, 0.1) is 0 Å². The normalized spacial score (nSPS) is 14.3. The first-order valence-corrected chi connectivity index (χ1v) is 9.62. The fourth-order valence-electron chi connectivity index (χ4n) is 2.89. The summed E-state index contributed by atoms with van der Waals surface area (Å²) < 4.78 is 13.3. The van der Waals surface area contributed by atoms with Crippen molar-refractivity contribution in [1.29, 1.82) is 0 Å². The lowest BCUT2D eigenvalue weighted by atomic mass is 10.1. The molecule has 136 valence electrons. The minimum absolute atomic E-state index is 0.117. The smallest absolute Gasteiger partial charge is 0.254 e. The zero-order valence-electron chi connectivity index (χ0n) is 14.4. The average Bonchev–Trinajstić information content (AvgIpc) is 2.68. The number of piperazine rings is 1. The van der Waals surface area contributed by atoms with E-state index in [1.165, 1.54) is 18.2 Å². The third kappa shape index (κ3) is 4.85. The lowest BCUT2D eigenvalue weighted by Crippen LogP contribution is -2.50. The number of amides is 2. The fraction of sp³-hybridized carbons (Fsp3) is 0.300. The molecular weight excluding hydrogens is 351 g/mol. The van der Waals surface area contributed by atoms with Gasteiger partial charge in [0, 0.05) is 48.8 Å². The first-order chi connectivity index (χ1) is 12.6. The van der Waals surface area contributed by atoms with Crippen LogP contribution in [0, 0.1) is 5.82 Å².